The van der Waals surface area contributed by atoms with E-state index in [1.807, 2.05) is 24.3 Å². The largest absolute Gasteiger partial charge is 1.00 e. The van der Waals surface area contributed by atoms with Gasteiger partial charge >= 0.3 is 37.7 Å². The molecule has 2 nitrogen and oxygen atoms in total. The van der Waals surface area contributed by atoms with E-state index < -0.39 is 0 Å². The van der Waals surface area contributed by atoms with Crippen LogP contribution >= 0.6 is 0 Å². The van der Waals surface area contributed by atoms with Gasteiger partial charge in [0.05, 0.1) is 6.61 Å². The molecule has 0 N–H and O–H groups in total. The Morgan fingerprint density at radius 1 is 1.21 bits per heavy atom. The second kappa shape index (κ2) is 11.3. The van der Waals surface area contributed by atoms with Crippen molar-refractivity contribution in [3.63, 3.8) is 0 Å². The molecule has 0 saturated heterocycles. The van der Waals surface area contributed by atoms with Gasteiger partial charge in [0.1, 0.15) is 0 Å². The van der Waals surface area contributed by atoms with Crippen LogP contribution in [0.5, 0.6) is 5.75 Å². The van der Waals surface area contributed by atoms with E-state index in [1.165, 1.54) is 0 Å². The summed E-state index contributed by atoms with van der Waals surface area (Å²) >= 11 is 0. The smallest absolute Gasteiger partial charge is 0.854 e. The van der Waals surface area contributed by atoms with Gasteiger partial charge < -0.3 is 9.84 Å². The summed E-state index contributed by atoms with van der Waals surface area (Å²) in [5.74, 6) is 0.753. The third-order valence-electron chi connectivity index (χ3n) is 1.48. The fourth-order valence-electron chi connectivity index (χ4n) is 0.853. The van der Waals surface area contributed by atoms with Crippen LogP contribution in [0.4, 0.5) is 0 Å². The molecule has 0 fully saturated rings. The van der Waals surface area contributed by atoms with Crippen molar-refractivity contribution in [3.05, 3.63) is 30.3 Å². The van der Waals surface area contributed by atoms with Crippen molar-refractivity contribution in [2.45, 2.75) is 12.8 Å². The predicted octanol–water partition coefficient (Wildman–Crippen LogP) is -4.99. The zero-order chi connectivity index (χ0) is 8.65. The molecule has 0 bridgehead atoms. The molecule has 1 rings (SSSR count). The Balaban J connectivity index is 0. The molecular weight excluding hydrogens is 166 g/mol. The Bertz CT molecular complexity index is 205. The van der Waals surface area contributed by atoms with E-state index in [9.17, 15) is 5.11 Å². The SMILES string of the molecule is [Li+].[Li+].[O-]CCCCOc1[c-]cccc1. The van der Waals surface area contributed by atoms with E-state index in [2.05, 4.69) is 6.07 Å². The van der Waals surface area contributed by atoms with Gasteiger partial charge in [-0.15, -0.1) is 18.7 Å². The fraction of sp³-hybridized carbons (Fsp3) is 0.400. The topological polar surface area (TPSA) is 32.3 Å². The molecule has 0 saturated carbocycles. The summed E-state index contributed by atoms with van der Waals surface area (Å²) in [4.78, 5) is 0. The molecule has 0 heterocycles. The van der Waals surface area contributed by atoms with Crippen LogP contribution in [0.3, 0.4) is 0 Å². The molecule has 0 spiro atoms. The number of para-hydroxylation sites is 1. The quantitative estimate of drug-likeness (QED) is 0.257. The Morgan fingerprint density at radius 3 is 2.57 bits per heavy atom. The number of hydrogen-bond acceptors (Lipinski definition) is 2. The van der Waals surface area contributed by atoms with Gasteiger partial charge in [-0.3, -0.25) is 0 Å². The van der Waals surface area contributed by atoms with Crippen molar-refractivity contribution in [1.82, 2.24) is 0 Å². The van der Waals surface area contributed by atoms with E-state index in [0.29, 0.717) is 13.0 Å². The minimum absolute atomic E-state index is 0. The van der Waals surface area contributed by atoms with Crippen LogP contribution in [0.2, 0.25) is 0 Å². The van der Waals surface area contributed by atoms with Crippen LogP contribution < -0.4 is 47.6 Å². The van der Waals surface area contributed by atoms with Crippen LogP contribution in [-0.4, -0.2) is 13.2 Å². The zero-order valence-electron chi connectivity index (χ0n) is 8.95. The van der Waals surface area contributed by atoms with Gasteiger partial charge in [0.2, 0.25) is 0 Å². The van der Waals surface area contributed by atoms with Crippen LogP contribution in [0.25, 0.3) is 0 Å². The first-order valence-electron chi connectivity index (χ1n) is 4.11. The molecule has 0 aromatic heterocycles. The number of unbranched alkanes of at least 4 members (excludes halogenated alkanes) is 1. The maximum Gasteiger partial charge on any atom is 1.00 e. The van der Waals surface area contributed by atoms with Crippen molar-refractivity contribution in [2.24, 2.45) is 0 Å². The molecule has 0 unspecified atom stereocenters. The standard InChI is InChI=1S/C10H12O2.2Li/c11-8-4-5-9-12-10-6-2-1-3-7-10;;/h1-3,6H,4-5,8-9H2;;/q-2;2*+1. The monoisotopic (exact) mass is 178 g/mol. The Hall–Kier alpha value is 0.175. The summed E-state index contributed by atoms with van der Waals surface area (Å²) in [6.45, 7) is 0.602. The molecule has 0 amide bonds. The molecule has 0 aliphatic carbocycles. The van der Waals surface area contributed by atoms with Crippen LogP contribution in [0.15, 0.2) is 24.3 Å². The molecule has 0 aliphatic rings. The minimum atomic E-state index is -0.0120. The van der Waals surface area contributed by atoms with Gasteiger partial charge in [-0.25, -0.2) is 0 Å². The molecule has 66 valence electrons. The van der Waals surface area contributed by atoms with E-state index in [4.69, 9.17) is 4.74 Å². The molecule has 0 atom stereocenters. The molecule has 14 heavy (non-hydrogen) atoms. The number of hydrogen-bond donors (Lipinski definition) is 0. The predicted molar refractivity (Wildman–Crippen MR) is 44.9 cm³/mol. The van der Waals surface area contributed by atoms with Crippen LogP contribution in [-0.2, 0) is 0 Å². The normalized spacial score (nSPS) is 8.36. The van der Waals surface area contributed by atoms with Crippen molar-refractivity contribution in [2.75, 3.05) is 13.2 Å². The summed E-state index contributed by atoms with van der Waals surface area (Å²) in [5, 5.41) is 10.1. The third kappa shape index (κ3) is 7.57. The number of rotatable bonds is 5. The van der Waals surface area contributed by atoms with Gasteiger partial charge in [0, 0.05) is 5.75 Å². The maximum atomic E-state index is 10.1. The van der Waals surface area contributed by atoms with Crippen LogP contribution in [0, 0.1) is 6.07 Å². The molecular formula is C10H12Li2O2. The van der Waals surface area contributed by atoms with Gasteiger partial charge in [-0.05, 0) is 6.42 Å². The van der Waals surface area contributed by atoms with Crippen LogP contribution in [0.1, 0.15) is 12.8 Å². The second-order valence-electron chi connectivity index (χ2n) is 2.49. The second-order valence-corrected chi connectivity index (χ2v) is 2.49. The molecule has 1 aromatic carbocycles. The maximum absolute atomic E-state index is 10.1. The Morgan fingerprint density at radius 2 is 2.00 bits per heavy atom. The molecule has 1 aromatic rings. The Labute approximate surface area is 109 Å². The first kappa shape index (κ1) is 16.6. The fourth-order valence-corrected chi connectivity index (χ4v) is 0.853. The van der Waals surface area contributed by atoms with Gasteiger partial charge in [-0.1, -0.05) is 6.42 Å². The molecule has 4 heteroatoms. The average molecular weight is 178 g/mol. The first-order valence-corrected chi connectivity index (χ1v) is 4.11. The van der Waals surface area contributed by atoms with Crippen molar-refractivity contribution in [1.29, 1.82) is 0 Å². The Kier molecular flexibility index (Phi) is 13.3. The number of benzene rings is 1. The van der Waals surface area contributed by atoms with E-state index in [0.717, 1.165) is 12.2 Å². The molecule has 0 radical (unpaired) electrons. The summed E-state index contributed by atoms with van der Waals surface area (Å²) in [5.41, 5.74) is 0. The minimum Gasteiger partial charge on any atom is -0.854 e. The van der Waals surface area contributed by atoms with Crippen molar-refractivity contribution < 1.29 is 47.6 Å². The summed E-state index contributed by atoms with van der Waals surface area (Å²) < 4.78 is 5.31. The summed E-state index contributed by atoms with van der Waals surface area (Å²) in [7, 11) is 0. The van der Waals surface area contributed by atoms with E-state index >= 15 is 0 Å². The van der Waals surface area contributed by atoms with Crippen molar-refractivity contribution >= 4 is 0 Å². The molecule has 0 aliphatic heterocycles. The first-order chi connectivity index (χ1) is 5.93. The van der Waals surface area contributed by atoms with E-state index in [-0.39, 0.29) is 44.3 Å². The third-order valence-corrected chi connectivity index (χ3v) is 1.48. The average Bonchev–Trinajstić information content (AvgIpc) is 2.14. The van der Waals surface area contributed by atoms with E-state index in [1.54, 1.807) is 0 Å². The summed E-state index contributed by atoms with van der Waals surface area (Å²) in [6, 6.07) is 10.4. The zero-order valence-corrected chi connectivity index (χ0v) is 8.95. The van der Waals surface area contributed by atoms with Gasteiger partial charge in [0.25, 0.3) is 0 Å². The summed E-state index contributed by atoms with van der Waals surface area (Å²) in [6.07, 6.45) is 1.51. The van der Waals surface area contributed by atoms with Crippen molar-refractivity contribution in [3.8, 4) is 5.75 Å². The van der Waals surface area contributed by atoms with Gasteiger partial charge in [0.15, 0.2) is 0 Å². The number of ether oxygens (including phenoxy) is 1. The van der Waals surface area contributed by atoms with Gasteiger partial charge in [-0.2, -0.15) is 18.2 Å².